The van der Waals surface area contributed by atoms with Crippen LogP contribution in [0.1, 0.15) is 21.6 Å². The number of nitrogens with one attached hydrogen (secondary N) is 1. The monoisotopic (exact) mass is 422 g/mol. The molecule has 4 rings (SSSR count). The quantitative estimate of drug-likeness (QED) is 0.547. The van der Waals surface area contributed by atoms with Crippen molar-refractivity contribution in [2.45, 2.75) is 20.8 Å². The molecule has 0 saturated carbocycles. The van der Waals surface area contributed by atoms with E-state index in [0.717, 1.165) is 21.6 Å². The number of hydrogen-bond donors (Lipinski definition) is 1. The first kappa shape index (κ1) is 19.4. The largest absolute Gasteiger partial charge is 0.350 e. The highest BCUT2D eigenvalue weighted by Gasteiger charge is 2.41. The molecular weight excluding hydrogens is 404 g/mol. The van der Waals surface area contributed by atoms with E-state index >= 15 is 0 Å². The number of halogens is 1. The normalized spacial score (nSPS) is 14.1. The Morgan fingerprint density at radius 2 is 1.66 bits per heavy atom. The van der Waals surface area contributed by atoms with Crippen LogP contribution in [0.2, 0.25) is 5.02 Å². The fourth-order valence-corrected chi connectivity index (χ4v) is 4.43. The Labute approximate surface area is 178 Å². The Morgan fingerprint density at radius 3 is 2.31 bits per heavy atom. The molecule has 0 bridgehead atoms. The lowest BCUT2D eigenvalue weighted by atomic mass is 10.1. The van der Waals surface area contributed by atoms with Crippen LogP contribution >= 0.6 is 22.9 Å². The van der Waals surface area contributed by atoms with Crippen molar-refractivity contribution in [1.29, 1.82) is 0 Å². The van der Waals surface area contributed by atoms with Crippen molar-refractivity contribution in [1.82, 2.24) is 0 Å². The van der Waals surface area contributed by atoms with Gasteiger partial charge in [0, 0.05) is 15.6 Å². The second kappa shape index (κ2) is 7.50. The van der Waals surface area contributed by atoms with Crippen LogP contribution in [0.3, 0.4) is 0 Å². The molecule has 3 aromatic rings. The molecule has 0 spiro atoms. The van der Waals surface area contributed by atoms with E-state index < -0.39 is 0 Å². The predicted octanol–water partition coefficient (Wildman–Crippen LogP) is 5.72. The molecule has 1 N–H and O–H groups in total. The van der Waals surface area contributed by atoms with Crippen LogP contribution < -0.4 is 10.2 Å². The fourth-order valence-electron chi connectivity index (χ4n) is 3.49. The lowest BCUT2D eigenvalue weighted by Gasteiger charge is -2.17. The van der Waals surface area contributed by atoms with Crippen LogP contribution in [-0.4, -0.2) is 11.8 Å². The van der Waals surface area contributed by atoms with Crippen LogP contribution in [0.15, 0.2) is 59.6 Å². The van der Waals surface area contributed by atoms with Gasteiger partial charge in [-0.15, -0.1) is 11.3 Å². The van der Waals surface area contributed by atoms with E-state index in [1.807, 2.05) is 68.6 Å². The molecule has 1 aliphatic heterocycles. The summed E-state index contributed by atoms with van der Waals surface area (Å²) in [6.07, 6.45) is 0. The lowest BCUT2D eigenvalue weighted by Crippen LogP contribution is -2.32. The summed E-state index contributed by atoms with van der Waals surface area (Å²) in [6, 6.07) is 14.9. The maximum Gasteiger partial charge on any atom is 0.282 e. The Bertz CT molecular complexity index is 1150. The van der Waals surface area contributed by atoms with Crippen molar-refractivity contribution in [2.75, 3.05) is 10.2 Å². The minimum absolute atomic E-state index is 0.266. The van der Waals surface area contributed by atoms with Crippen molar-refractivity contribution in [2.24, 2.45) is 0 Å². The number of thiophene rings is 1. The van der Waals surface area contributed by atoms with Gasteiger partial charge in [-0.3, -0.25) is 9.59 Å². The first-order valence-electron chi connectivity index (χ1n) is 9.14. The highest BCUT2D eigenvalue weighted by molar-refractivity contribution is 7.11. The SMILES string of the molecule is Cc1cc(C)cc(N2C(=O)C(Nc3cccc(Cl)c3C)=C(c3cccs3)C2=O)c1. The van der Waals surface area contributed by atoms with Crippen LogP contribution in [0.5, 0.6) is 0 Å². The van der Waals surface area contributed by atoms with Crippen molar-refractivity contribution in [3.8, 4) is 0 Å². The molecule has 6 heteroatoms. The topological polar surface area (TPSA) is 49.4 Å². The third-order valence-corrected chi connectivity index (χ3v) is 6.14. The molecule has 2 aromatic carbocycles. The summed E-state index contributed by atoms with van der Waals surface area (Å²) in [5.41, 5.74) is 4.72. The summed E-state index contributed by atoms with van der Waals surface area (Å²) in [7, 11) is 0. The van der Waals surface area contributed by atoms with E-state index in [0.29, 0.717) is 22.0 Å². The number of aryl methyl sites for hydroxylation is 2. The zero-order valence-corrected chi connectivity index (χ0v) is 17.8. The molecule has 1 aromatic heterocycles. The van der Waals surface area contributed by atoms with Gasteiger partial charge in [0.25, 0.3) is 11.8 Å². The number of carbonyl (C=O) groups excluding carboxylic acids is 2. The molecule has 0 saturated heterocycles. The maximum atomic E-state index is 13.4. The molecule has 0 atom stereocenters. The minimum Gasteiger partial charge on any atom is -0.350 e. The summed E-state index contributed by atoms with van der Waals surface area (Å²) in [6.45, 7) is 5.77. The first-order valence-corrected chi connectivity index (χ1v) is 10.4. The summed E-state index contributed by atoms with van der Waals surface area (Å²) < 4.78 is 0. The number of carbonyl (C=O) groups is 2. The number of imide groups is 1. The van der Waals surface area contributed by atoms with Gasteiger partial charge >= 0.3 is 0 Å². The predicted molar refractivity (Wildman–Crippen MR) is 119 cm³/mol. The molecule has 0 radical (unpaired) electrons. The molecular formula is C23H19ClN2O2S. The number of nitrogens with zero attached hydrogens (tertiary/aromatic N) is 1. The molecule has 4 nitrogen and oxygen atoms in total. The van der Waals surface area contributed by atoms with E-state index in [4.69, 9.17) is 11.6 Å². The molecule has 146 valence electrons. The van der Waals surface area contributed by atoms with Crippen LogP contribution in [0.25, 0.3) is 5.57 Å². The molecule has 1 aliphatic rings. The van der Waals surface area contributed by atoms with E-state index in [-0.39, 0.29) is 17.5 Å². The fraction of sp³-hybridized carbons (Fsp3) is 0.130. The Hall–Kier alpha value is -2.89. The standard InChI is InChI=1S/C23H19ClN2O2S/c1-13-10-14(2)12-16(11-13)26-22(27)20(19-8-5-9-29-19)21(23(26)28)25-18-7-4-6-17(24)15(18)3/h4-12,25H,1-3H3. The van der Waals surface area contributed by atoms with Crippen molar-refractivity contribution >= 4 is 51.7 Å². The van der Waals surface area contributed by atoms with Gasteiger partial charge < -0.3 is 5.32 Å². The summed E-state index contributed by atoms with van der Waals surface area (Å²) in [4.78, 5) is 28.8. The number of rotatable bonds is 4. The number of hydrogen-bond acceptors (Lipinski definition) is 4. The van der Waals surface area contributed by atoms with Crippen molar-refractivity contribution in [3.05, 3.63) is 86.2 Å². The van der Waals surface area contributed by atoms with Gasteiger partial charge in [0.1, 0.15) is 5.70 Å². The second-order valence-electron chi connectivity index (χ2n) is 7.06. The average Bonchev–Trinajstić information content (AvgIpc) is 3.25. The van der Waals surface area contributed by atoms with Crippen LogP contribution in [0.4, 0.5) is 11.4 Å². The van der Waals surface area contributed by atoms with E-state index in [1.54, 1.807) is 6.07 Å². The molecule has 0 unspecified atom stereocenters. The smallest absolute Gasteiger partial charge is 0.282 e. The molecule has 29 heavy (non-hydrogen) atoms. The van der Waals surface area contributed by atoms with Gasteiger partial charge in [-0.2, -0.15) is 0 Å². The molecule has 2 heterocycles. The van der Waals surface area contributed by atoms with Gasteiger partial charge in [-0.05, 0) is 73.2 Å². The summed E-state index contributed by atoms with van der Waals surface area (Å²) in [5.74, 6) is -0.701. The van der Waals surface area contributed by atoms with E-state index in [2.05, 4.69) is 5.32 Å². The van der Waals surface area contributed by atoms with Crippen LogP contribution in [0, 0.1) is 20.8 Å². The van der Waals surface area contributed by atoms with Gasteiger partial charge in [0.2, 0.25) is 0 Å². The highest BCUT2D eigenvalue weighted by Crippen LogP contribution is 2.37. The van der Waals surface area contributed by atoms with Gasteiger partial charge in [0.05, 0.1) is 11.3 Å². The zero-order chi connectivity index (χ0) is 20.7. The van der Waals surface area contributed by atoms with Crippen molar-refractivity contribution in [3.63, 3.8) is 0 Å². The number of amides is 2. The average molecular weight is 423 g/mol. The van der Waals surface area contributed by atoms with Crippen molar-refractivity contribution < 1.29 is 9.59 Å². The Balaban J connectivity index is 1.84. The Kier molecular flexibility index (Phi) is 5.03. The Morgan fingerprint density at radius 1 is 0.931 bits per heavy atom. The van der Waals surface area contributed by atoms with Gasteiger partial charge in [-0.1, -0.05) is 29.8 Å². The molecule has 0 fully saturated rings. The maximum absolute atomic E-state index is 13.4. The number of anilines is 2. The molecule has 0 aliphatic carbocycles. The first-order chi connectivity index (χ1) is 13.9. The summed E-state index contributed by atoms with van der Waals surface area (Å²) in [5, 5.41) is 5.67. The van der Waals surface area contributed by atoms with Gasteiger partial charge in [0.15, 0.2) is 0 Å². The summed E-state index contributed by atoms with van der Waals surface area (Å²) >= 11 is 7.67. The lowest BCUT2D eigenvalue weighted by molar-refractivity contribution is -0.120. The van der Waals surface area contributed by atoms with E-state index in [1.165, 1.54) is 16.2 Å². The zero-order valence-electron chi connectivity index (χ0n) is 16.2. The van der Waals surface area contributed by atoms with Crippen LogP contribution in [-0.2, 0) is 9.59 Å². The second-order valence-corrected chi connectivity index (χ2v) is 8.41. The third kappa shape index (κ3) is 3.48. The van der Waals surface area contributed by atoms with E-state index in [9.17, 15) is 9.59 Å². The molecule has 2 amide bonds. The third-order valence-electron chi connectivity index (χ3n) is 4.84. The van der Waals surface area contributed by atoms with Gasteiger partial charge in [-0.25, -0.2) is 4.90 Å². The highest BCUT2D eigenvalue weighted by atomic mass is 35.5. The number of benzene rings is 2. The minimum atomic E-state index is -0.372.